The number of nitrogens with one attached hydrogen (secondary N) is 1. The molecule has 0 saturated carbocycles. The number of pyridine rings is 1. The highest BCUT2D eigenvalue weighted by molar-refractivity contribution is 7.21. The molecule has 174 valence electrons. The summed E-state index contributed by atoms with van der Waals surface area (Å²) in [6, 6.07) is 23.2. The summed E-state index contributed by atoms with van der Waals surface area (Å²) in [5.74, 6) is 0.111. The second-order valence-corrected chi connectivity index (χ2v) is 9.13. The topological polar surface area (TPSA) is 77.2 Å². The fourth-order valence-corrected chi connectivity index (χ4v) is 4.90. The van der Waals surface area contributed by atoms with Crippen LogP contribution in [0.25, 0.3) is 32.6 Å². The van der Waals surface area contributed by atoms with Gasteiger partial charge in [-0.15, -0.1) is 11.3 Å². The molecule has 2 heterocycles. The number of carbonyl (C=O) groups is 1. The van der Waals surface area contributed by atoms with E-state index < -0.39 is 0 Å². The normalized spacial score (nSPS) is 10.9. The summed E-state index contributed by atoms with van der Waals surface area (Å²) < 4.78 is 18.9. The highest BCUT2D eigenvalue weighted by Crippen LogP contribution is 2.41. The minimum atomic E-state index is -0.328. The number of fused-ring (bicyclic) bond motifs is 1. The lowest BCUT2D eigenvalue weighted by molar-refractivity contribution is 0.103. The number of nitrogens with two attached hydrogens (primary N) is 1. The van der Waals surface area contributed by atoms with Gasteiger partial charge >= 0.3 is 0 Å². The predicted molar refractivity (Wildman–Crippen MR) is 141 cm³/mol. The molecular weight excluding hydrogens is 461 g/mol. The highest BCUT2D eigenvalue weighted by Gasteiger charge is 2.22. The lowest BCUT2D eigenvalue weighted by atomic mass is 9.99. The van der Waals surface area contributed by atoms with Crippen molar-refractivity contribution >= 4 is 38.8 Å². The number of hydrogen-bond donors (Lipinski definition) is 2. The third kappa shape index (κ3) is 4.46. The van der Waals surface area contributed by atoms with Crippen molar-refractivity contribution in [2.45, 2.75) is 6.92 Å². The van der Waals surface area contributed by atoms with E-state index >= 15 is 0 Å². The van der Waals surface area contributed by atoms with Gasteiger partial charge in [-0.2, -0.15) is 0 Å². The quantitative estimate of drug-likeness (QED) is 0.284. The molecule has 0 fully saturated rings. The molecule has 0 aliphatic carbocycles. The van der Waals surface area contributed by atoms with Crippen molar-refractivity contribution in [1.29, 1.82) is 0 Å². The first kappa shape index (κ1) is 22.6. The molecule has 2 aromatic heterocycles. The van der Waals surface area contributed by atoms with Gasteiger partial charge in [-0.25, -0.2) is 9.37 Å². The number of hydrogen-bond acceptors (Lipinski definition) is 5. The Balaban J connectivity index is 1.65. The maximum atomic E-state index is 13.7. The van der Waals surface area contributed by atoms with Crippen molar-refractivity contribution in [2.75, 3.05) is 18.2 Å². The summed E-state index contributed by atoms with van der Waals surface area (Å²) >= 11 is 1.24. The Labute approximate surface area is 206 Å². The number of carbonyl (C=O) groups excluding carboxylic acids is 1. The number of methoxy groups -OCH3 is 1. The molecule has 1 amide bonds. The minimum absolute atomic E-state index is 0.301. The second-order valence-electron chi connectivity index (χ2n) is 8.14. The van der Waals surface area contributed by atoms with E-state index in [2.05, 4.69) is 5.32 Å². The summed E-state index contributed by atoms with van der Waals surface area (Å²) in [4.78, 5) is 19.0. The van der Waals surface area contributed by atoms with E-state index in [1.54, 1.807) is 19.2 Å². The lowest BCUT2D eigenvalue weighted by Gasteiger charge is -2.09. The van der Waals surface area contributed by atoms with E-state index in [4.69, 9.17) is 15.5 Å². The number of nitrogens with zero attached hydrogens (tertiary/aromatic N) is 1. The lowest BCUT2D eigenvalue weighted by Crippen LogP contribution is -2.11. The Kier molecular flexibility index (Phi) is 5.93. The van der Waals surface area contributed by atoms with Crippen molar-refractivity contribution in [3.05, 3.63) is 95.1 Å². The number of aryl methyl sites for hydroxylation is 1. The summed E-state index contributed by atoms with van der Waals surface area (Å²) in [7, 11) is 1.61. The monoisotopic (exact) mass is 483 g/mol. The zero-order chi connectivity index (χ0) is 24.5. The van der Waals surface area contributed by atoms with Gasteiger partial charge in [0.15, 0.2) is 0 Å². The van der Waals surface area contributed by atoms with Crippen LogP contribution in [0.5, 0.6) is 5.75 Å². The zero-order valence-corrected chi connectivity index (χ0v) is 19.9. The van der Waals surface area contributed by atoms with Crippen LogP contribution >= 0.6 is 11.3 Å². The number of nitrogen functional groups attached to an aromatic ring is 1. The van der Waals surface area contributed by atoms with Gasteiger partial charge in [-0.05, 0) is 72.6 Å². The van der Waals surface area contributed by atoms with Crippen LogP contribution in [0.3, 0.4) is 0 Å². The smallest absolute Gasteiger partial charge is 0.267 e. The van der Waals surface area contributed by atoms with Crippen LogP contribution < -0.4 is 15.8 Å². The molecule has 0 saturated heterocycles. The molecule has 0 spiro atoms. The van der Waals surface area contributed by atoms with Crippen molar-refractivity contribution in [3.8, 4) is 28.1 Å². The summed E-state index contributed by atoms with van der Waals surface area (Å²) in [6.45, 7) is 1.98. The summed E-state index contributed by atoms with van der Waals surface area (Å²) in [5, 5.41) is 3.59. The molecule has 0 aliphatic heterocycles. The van der Waals surface area contributed by atoms with Crippen molar-refractivity contribution in [3.63, 3.8) is 0 Å². The first-order valence-corrected chi connectivity index (χ1v) is 11.8. The number of amides is 1. The van der Waals surface area contributed by atoms with E-state index in [9.17, 15) is 9.18 Å². The molecule has 3 aromatic carbocycles. The van der Waals surface area contributed by atoms with Gasteiger partial charge in [0, 0.05) is 16.6 Å². The van der Waals surface area contributed by atoms with Gasteiger partial charge < -0.3 is 15.8 Å². The van der Waals surface area contributed by atoms with Gasteiger partial charge in [-0.1, -0.05) is 29.8 Å². The van der Waals surface area contributed by atoms with Gasteiger partial charge in [0.2, 0.25) is 0 Å². The molecular formula is C28H22FN3O2S. The molecule has 3 N–H and O–H groups in total. The maximum absolute atomic E-state index is 13.7. The van der Waals surface area contributed by atoms with Crippen LogP contribution in [0, 0.1) is 12.7 Å². The van der Waals surface area contributed by atoms with Crippen LogP contribution in [0.1, 0.15) is 15.2 Å². The third-order valence-electron chi connectivity index (χ3n) is 5.76. The summed E-state index contributed by atoms with van der Waals surface area (Å²) in [6.07, 6.45) is 0. The van der Waals surface area contributed by atoms with Gasteiger partial charge in [-0.3, -0.25) is 4.79 Å². The Morgan fingerprint density at radius 1 is 0.971 bits per heavy atom. The largest absolute Gasteiger partial charge is 0.497 e. The standard InChI is InChI=1S/C28H22FN3O2S/c1-16-3-11-20(12-4-16)31-27(33)26-25(30)24-22(17-5-9-19(29)10-6-17)15-23(32-28(24)35-26)18-7-13-21(34-2)14-8-18/h3-15H,30H2,1-2H3,(H,31,33). The number of rotatable bonds is 5. The number of ether oxygens (including phenoxy) is 1. The Bertz CT molecular complexity index is 1530. The SMILES string of the molecule is COc1ccc(-c2cc(-c3ccc(F)cc3)c3c(N)c(C(=O)Nc4ccc(C)cc4)sc3n2)cc1. The third-order valence-corrected chi connectivity index (χ3v) is 6.85. The average Bonchev–Trinajstić information content (AvgIpc) is 3.22. The molecule has 0 atom stereocenters. The molecule has 5 aromatic rings. The number of benzene rings is 3. The molecule has 5 rings (SSSR count). The van der Waals surface area contributed by atoms with Crippen LogP contribution in [0.2, 0.25) is 0 Å². The summed E-state index contributed by atoms with van der Waals surface area (Å²) in [5.41, 5.74) is 11.8. The van der Waals surface area contributed by atoms with Gasteiger partial charge in [0.25, 0.3) is 5.91 Å². The van der Waals surface area contributed by atoms with Gasteiger partial charge in [0.1, 0.15) is 21.3 Å². The number of halogens is 1. The molecule has 5 nitrogen and oxygen atoms in total. The predicted octanol–water partition coefficient (Wildman–Crippen LogP) is 6.92. The van der Waals surface area contributed by atoms with E-state index in [1.807, 2.05) is 61.5 Å². The van der Waals surface area contributed by atoms with Crippen LogP contribution in [0.15, 0.2) is 78.9 Å². The van der Waals surface area contributed by atoms with Crippen molar-refractivity contribution in [1.82, 2.24) is 4.98 Å². The zero-order valence-electron chi connectivity index (χ0n) is 19.1. The number of aromatic nitrogens is 1. The fraction of sp³-hybridized carbons (Fsp3) is 0.0714. The molecule has 7 heteroatoms. The van der Waals surface area contributed by atoms with E-state index in [0.717, 1.165) is 28.0 Å². The second kappa shape index (κ2) is 9.19. The molecule has 0 aliphatic rings. The Morgan fingerprint density at radius 3 is 2.29 bits per heavy atom. The average molecular weight is 484 g/mol. The van der Waals surface area contributed by atoms with Gasteiger partial charge in [0.05, 0.1) is 18.5 Å². The van der Waals surface area contributed by atoms with Crippen LogP contribution in [-0.4, -0.2) is 18.0 Å². The minimum Gasteiger partial charge on any atom is -0.497 e. The number of anilines is 2. The number of thiophene rings is 1. The first-order chi connectivity index (χ1) is 16.9. The molecule has 35 heavy (non-hydrogen) atoms. The first-order valence-electron chi connectivity index (χ1n) is 10.9. The Hall–Kier alpha value is -4.23. The molecule has 0 radical (unpaired) electrons. The van der Waals surface area contributed by atoms with E-state index in [1.165, 1.54) is 23.5 Å². The van der Waals surface area contributed by atoms with E-state index in [-0.39, 0.29) is 11.7 Å². The molecule has 0 unspecified atom stereocenters. The maximum Gasteiger partial charge on any atom is 0.267 e. The highest BCUT2D eigenvalue weighted by atomic mass is 32.1. The fourth-order valence-electron chi connectivity index (χ4n) is 3.88. The molecule has 0 bridgehead atoms. The van der Waals surface area contributed by atoms with E-state index in [0.29, 0.717) is 32.2 Å². The van der Waals surface area contributed by atoms with Crippen molar-refractivity contribution in [2.24, 2.45) is 0 Å². The Morgan fingerprint density at radius 2 is 1.63 bits per heavy atom. The van der Waals surface area contributed by atoms with Crippen LogP contribution in [-0.2, 0) is 0 Å². The van der Waals surface area contributed by atoms with Crippen LogP contribution in [0.4, 0.5) is 15.8 Å². The van der Waals surface area contributed by atoms with Crippen molar-refractivity contribution < 1.29 is 13.9 Å².